The highest BCUT2D eigenvalue weighted by molar-refractivity contribution is 7.84. The SMILES string of the molecule is CC(C)(C)OC(=O)CO/N=C(\C(=O)N[C@@H]1C(=O)N(S(=O)(=O)O)[C@@H]1CN1CCOC1=O)c1csc(NC(=O)OC(C)(C)C)n1.CC(C)(C)OC(=O)CO/N=C(\C(=O)N[C@@H]1C(=O)N[C@@H]1CN1CCOC1=O)c1csc(NC(=O)OC(C)(C)C)n1. The molecule has 82 heavy (non-hydrogen) atoms. The normalized spacial score (nSPS) is 19.4. The predicted octanol–water partition coefficient (Wildman–Crippen LogP) is 1.49. The Morgan fingerprint density at radius 3 is 1.43 bits per heavy atom. The molecule has 0 radical (unpaired) electrons. The summed E-state index contributed by atoms with van der Waals surface area (Å²) in [5, 5.41) is 22.7. The van der Waals surface area contributed by atoms with Crippen LogP contribution in [-0.4, -0.2) is 208 Å². The number of esters is 2. The highest BCUT2D eigenvalue weighted by atomic mass is 32.2. The minimum atomic E-state index is -5.04. The molecule has 6 heterocycles. The Morgan fingerprint density at radius 1 is 0.659 bits per heavy atom. The van der Waals surface area contributed by atoms with Gasteiger partial charge in [-0.05, 0) is 83.1 Å². The standard InChI is InChI=1S/C23H32N6O12S2.C23H32N6O9S/c1-22(2,3)40-14(30)10-39-27-15(12-11-42-19(24-12)26-20(33)41-23(4,5)6)17(31)25-16-13(9-28-7-8-38-21(28)34)29(18(16)32)43(35,36)37;1-22(2,3)37-14(30)10-36-28-16(13-11-39-19(25-13)27-20(33)38-23(4,5)6)18(32)26-15-12(24-17(15)31)9-29-7-8-35-21(29)34/h11,13,16H,7-10H2,1-6H3,(H,25,31)(H,24,26,33)(H,35,36,37);11-12,15H,7-10H2,1-6H3,(H,24,31)(H,26,32)(H,25,27,33)/b27-15-;28-16-/t13-,16+;12-,15+/m11/s1. The van der Waals surface area contributed by atoms with Crippen LogP contribution in [0.15, 0.2) is 21.1 Å². The number of β-lactam (4-membered cyclic amide) rings is 2. The number of cyclic esters (lactones) is 2. The van der Waals surface area contributed by atoms with Crippen LogP contribution in [0.25, 0.3) is 0 Å². The number of hydrogen-bond donors (Lipinski definition) is 6. The quantitative estimate of drug-likeness (QED) is 0.0290. The van der Waals surface area contributed by atoms with Crippen LogP contribution >= 0.6 is 22.7 Å². The van der Waals surface area contributed by atoms with Crippen LogP contribution in [-0.2, 0) is 77.2 Å². The summed E-state index contributed by atoms with van der Waals surface area (Å²) in [4.78, 5) is 144. The van der Waals surface area contributed by atoms with Gasteiger partial charge in [0.15, 0.2) is 21.7 Å². The molecule has 4 atom stereocenters. The lowest BCUT2D eigenvalue weighted by Crippen LogP contribution is -2.74. The molecule has 4 fully saturated rings. The first-order valence-electron chi connectivity index (χ1n) is 24.7. The average molecular weight is 1220 g/mol. The Labute approximate surface area is 477 Å². The lowest BCUT2D eigenvalue weighted by molar-refractivity contribution is -0.161. The van der Waals surface area contributed by atoms with Gasteiger partial charge >= 0.3 is 46.6 Å². The second kappa shape index (κ2) is 26.3. The molecule has 36 heteroatoms. The number of rotatable bonds is 19. The lowest BCUT2D eigenvalue weighted by Gasteiger charge is -2.45. The van der Waals surface area contributed by atoms with E-state index in [1.165, 1.54) is 15.7 Å². The van der Waals surface area contributed by atoms with Crippen molar-refractivity contribution in [3.05, 3.63) is 22.1 Å². The number of amides is 8. The molecule has 2 aromatic heterocycles. The first kappa shape index (κ1) is 64.8. The van der Waals surface area contributed by atoms with E-state index in [0.717, 1.165) is 27.6 Å². The number of ether oxygens (including phenoxy) is 6. The van der Waals surface area contributed by atoms with Crippen LogP contribution in [0.2, 0.25) is 0 Å². The van der Waals surface area contributed by atoms with E-state index < -0.39 is 142 Å². The van der Waals surface area contributed by atoms with Crippen LogP contribution < -0.4 is 26.6 Å². The van der Waals surface area contributed by atoms with Crippen molar-refractivity contribution in [3.8, 4) is 0 Å². The number of nitrogens with one attached hydrogen (secondary N) is 5. The first-order chi connectivity index (χ1) is 37.9. The number of carbonyl (C=O) groups is 10. The Bertz CT molecular complexity index is 2950. The fourth-order valence-corrected chi connectivity index (χ4v) is 9.31. The summed E-state index contributed by atoms with van der Waals surface area (Å²) >= 11 is 1.88. The molecular weight excluding hydrogens is 1150 g/mol. The van der Waals surface area contributed by atoms with E-state index in [4.69, 9.17) is 38.1 Å². The number of oxime groups is 2. The van der Waals surface area contributed by atoms with Crippen molar-refractivity contribution >= 4 is 115 Å². The Hall–Kier alpha value is -7.99. The number of aromatic nitrogens is 2. The first-order valence-corrected chi connectivity index (χ1v) is 27.8. The van der Waals surface area contributed by atoms with Gasteiger partial charge in [0, 0.05) is 23.8 Å². The molecule has 0 aromatic carbocycles. The largest absolute Gasteiger partial charge is 0.457 e. The van der Waals surface area contributed by atoms with Crippen LogP contribution in [0.3, 0.4) is 0 Å². The van der Waals surface area contributed by atoms with E-state index in [1.54, 1.807) is 83.1 Å². The summed E-state index contributed by atoms with van der Waals surface area (Å²) in [5.41, 5.74) is -4.20. The zero-order valence-corrected chi connectivity index (χ0v) is 49.0. The molecule has 0 aliphatic carbocycles. The number of nitrogens with zero attached hydrogens (tertiary/aromatic N) is 7. The van der Waals surface area contributed by atoms with Crippen LogP contribution in [0.1, 0.15) is 94.5 Å². The molecule has 6 rings (SSSR count). The molecule has 452 valence electrons. The van der Waals surface area contributed by atoms with E-state index >= 15 is 0 Å². The number of thiazole rings is 2. The zero-order chi connectivity index (χ0) is 61.3. The fraction of sp³-hybridized carbons (Fsp3) is 0.609. The van der Waals surface area contributed by atoms with Crippen molar-refractivity contribution in [2.24, 2.45) is 10.3 Å². The Morgan fingerprint density at radius 2 is 1.06 bits per heavy atom. The van der Waals surface area contributed by atoms with Crippen molar-refractivity contribution in [1.82, 2.24) is 40.0 Å². The number of anilines is 2. The van der Waals surface area contributed by atoms with Crippen molar-refractivity contribution in [1.29, 1.82) is 0 Å². The highest BCUT2D eigenvalue weighted by Gasteiger charge is 2.55. The van der Waals surface area contributed by atoms with Gasteiger partial charge in [-0.3, -0.25) is 34.4 Å². The van der Waals surface area contributed by atoms with Crippen LogP contribution in [0.5, 0.6) is 0 Å². The summed E-state index contributed by atoms with van der Waals surface area (Å²) in [7, 11) is -5.04. The molecular formula is C46H64N12O21S3. The molecule has 0 spiro atoms. The molecule has 4 aliphatic heterocycles. The maximum atomic E-state index is 13.3. The van der Waals surface area contributed by atoms with Crippen LogP contribution in [0, 0.1) is 0 Å². The van der Waals surface area contributed by atoms with Crippen molar-refractivity contribution in [2.45, 2.75) is 130 Å². The molecule has 0 bridgehead atoms. The maximum absolute atomic E-state index is 13.3. The summed E-state index contributed by atoms with van der Waals surface area (Å²) in [6.07, 6.45) is -2.86. The highest BCUT2D eigenvalue weighted by Crippen LogP contribution is 2.27. The van der Waals surface area contributed by atoms with Crippen molar-refractivity contribution < 1.29 is 99.0 Å². The molecule has 0 unspecified atom stereocenters. The third kappa shape index (κ3) is 19.6. The van der Waals surface area contributed by atoms with Gasteiger partial charge in [-0.25, -0.2) is 43.0 Å². The van der Waals surface area contributed by atoms with Gasteiger partial charge in [0.2, 0.25) is 19.1 Å². The van der Waals surface area contributed by atoms with E-state index in [0.29, 0.717) is 6.54 Å². The van der Waals surface area contributed by atoms with Gasteiger partial charge in [-0.1, -0.05) is 10.3 Å². The smallest absolute Gasteiger partial charge is 0.413 e. The fourth-order valence-electron chi connectivity index (χ4n) is 7.08. The molecule has 6 N–H and O–H groups in total. The molecule has 8 amide bonds. The van der Waals surface area contributed by atoms with E-state index in [1.807, 2.05) is 0 Å². The van der Waals surface area contributed by atoms with Gasteiger partial charge in [-0.2, -0.15) is 8.42 Å². The third-order valence-corrected chi connectivity index (χ3v) is 12.6. The summed E-state index contributed by atoms with van der Waals surface area (Å²) in [5.74, 6) is -5.10. The topological polar surface area (TPSA) is 419 Å². The molecule has 33 nitrogen and oxygen atoms in total. The molecule has 2 aromatic rings. The van der Waals surface area contributed by atoms with E-state index in [-0.39, 0.29) is 58.0 Å². The average Bonchev–Trinajstić information content (AvgIpc) is 4.19. The third-order valence-electron chi connectivity index (χ3n) is 10.2. The van der Waals surface area contributed by atoms with Crippen molar-refractivity contribution in [3.63, 3.8) is 0 Å². The molecule has 0 saturated carbocycles. The predicted molar refractivity (Wildman–Crippen MR) is 284 cm³/mol. The second-order valence-corrected chi connectivity index (χ2v) is 24.8. The zero-order valence-electron chi connectivity index (χ0n) is 46.6. The van der Waals surface area contributed by atoms with Gasteiger partial charge < -0.3 is 63.8 Å². The van der Waals surface area contributed by atoms with E-state index in [2.05, 4.69) is 46.9 Å². The summed E-state index contributed by atoms with van der Waals surface area (Å²) in [6.45, 7) is 19.2. The second-order valence-electron chi connectivity index (χ2n) is 21.7. The van der Waals surface area contributed by atoms with E-state index in [9.17, 15) is 60.9 Å². The van der Waals surface area contributed by atoms with Gasteiger partial charge in [0.25, 0.3) is 17.7 Å². The molecule has 4 saturated heterocycles. The van der Waals surface area contributed by atoms with Gasteiger partial charge in [-0.15, -0.1) is 22.7 Å². The van der Waals surface area contributed by atoms with Crippen molar-refractivity contribution in [2.75, 3.05) is 63.2 Å². The summed E-state index contributed by atoms with van der Waals surface area (Å²) < 4.78 is 63.7. The minimum absolute atomic E-state index is 0.000385. The van der Waals surface area contributed by atoms with Crippen LogP contribution in [0.4, 0.5) is 29.4 Å². The Kier molecular flexibility index (Phi) is 20.8. The Balaban J connectivity index is 0.000000302. The number of hydrogen-bond acceptors (Lipinski definition) is 26. The molecule has 4 aliphatic rings. The van der Waals surface area contributed by atoms with Gasteiger partial charge in [0.05, 0.1) is 25.2 Å². The minimum Gasteiger partial charge on any atom is -0.457 e. The summed E-state index contributed by atoms with van der Waals surface area (Å²) in [6, 6.07) is -4.45. The van der Waals surface area contributed by atoms with Gasteiger partial charge in [0.1, 0.15) is 59.1 Å². The monoisotopic (exact) mass is 1220 g/mol. The maximum Gasteiger partial charge on any atom is 0.413 e. The lowest BCUT2D eigenvalue weighted by atomic mass is 9.97. The number of carbonyl (C=O) groups excluding carboxylic acids is 10.